The van der Waals surface area contributed by atoms with E-state index in [9.17, 15) is 4.79 Å². The minimum atomic E-state index is -0.243. The molecule has 1 amide bonds. The molecule has 1 aliphatic rings. The monoisotopic (exact) mass is 248 g/mol. The van der Waals surface area contributed by atoms with Crippen molar-refractivity contribution in [3.8, 4) is 5.75 Å². The summed E-state index contributed by atoms with van der Waals surface area (Å²) in [6.07, 6.45) is 3.22. The van der Waals surface area contributed by atoms with Gasteiger partial charge < -0.3 is 10.5 Å². The van der Waals surface area contributed by atoms with Crippen molar-refractivity contribution in [3.05, 3.63) is 29.8 Å². The van der Waals surface area contributed by atoms with Crippen LogP contribution in [0.1, 0.15) is 18.4 Å². The van der Waals surface area contributed by atoms with Crippen LogP contribution < -0.4 is 10.5 Å². The van der Waals surface area contributed by atoms with Crippen molar-refractivity contribution in [3.63, 3.8) is 0 Å². The second-order valence-corrected chi connectivity index (χ2v) is 4.79. The van der Waals surface area contributed by atoms with Crippen molar-refractivity contribution in [2.24, 2.45) is 5.73 Å². The molecule has 0 aromatic heterocycles. The first-order valence-corrected chi connectivity index (χ1v) is 6.34. The van der Waals surface area contributed by atoms with E-state index in [1.807, 2.05) is 12.1 Å². The number of ether oxygens (including phenoxy) is 1. The molecule has 1 atom stereocenters. The summed E-state index contributed by atoms with van der Waals surface area (Å²) in [6.45, 7) is 1.34. The molecule has 98 valence electrons. The van der Waals surface area contributed by atoms with Crippen molar-refractivity contribution < 1.29 is 9.53 Å². The summed E-state index contributed by atoms with van der Waals surface area (Å²) in [5, 5.41) is 0. The molecule has 0 bridgehead atoms. The van der Waals surface area contributed by atoms with Crippen molar-refractivity contribution in [1.82, 2.24) is 4.90 Å². The van der Waals surface area contributed by atoms with E-state index in [1.165, 1.54) is 5.56 Å². The van der Waals surface area contributed by atoms with E-state index in [-0.39, 0.29) is 5.91 Å². The summed E-state index contributed by atoms with van der Waals surface area (Å²) in [6, 6.07) is 8.52. The van der Waals surface area contributed by atoms with Gasteiger partial charge in [0.15, 0.2) is 0 Å². The molecule has 0 unspecified atom stereocenters. The van der Waals surface area contributed by atoms with Gasteiger partial charge in [0.05, 0.1) is 13.7 Å². The van der Waals surface area contributed by atoms with Gasteiger partial charge in [-0.15, -0.1) is 0 Å². The number of likely N-dealkylation sites (tertiary alicyclic amines) is 1. The molecule has 2 rings (SSSR count). The summed E-state index contributed by atoms with van der Waals surface area (Å²) in [7, 11) is 1.67. The second kappa shape index (κ2) is 5.87. The highest BCUT2D eigenvalue weighted by atomic mass is 16.5. The zero-order valence-electron chi connectivity index (χ0n) is 10.8. The molecule has 0 spiro atoms. The van der Waals surface area contributed by atoms with Crippen LogP contribution >= 0.6 is 0 Å². The highest BCUT2D eigenvalue weighted by Gasteiger charge is 2.25. The summed E-state index contributed by atoms with van der Waals surface area (Å²) in [5.74, 6) is 0.638. The molecular weight excluding hydrogens is 228 g/mol. The van der Waals surface area contributed by atoms with E-state index in [2.05, 4.69) is 17.0 Å². The summed E-state index contributed by atoms with van der Waals surface area (Å²) < 4.78 is 5.22. The van der Waals surface area contributed by atoms with Gasteiger partial charge in [-0.25, -0.2) is 0 Å². The lowest BCUT2D eigenvalue weighted by Crippen LogP contribution is -2.38. The minimum absolute atomic E-state index is 0.243. The Labute approximate surface area is 108 Å². The predicted octanol–water partition coefficient (Wildman–Crippen LogP) is 1.19. The number of nitrogens with two attached hydrogens (primary N) is 1. The van der Waals surface area contributed by atoms with E-state index < -0.39 is 0 Å². The molecule has 0 radical (unpaired) electrons. The van der Waals surface area contributed by atoms with Crippen molar-refractivity contribution >= 4 is 5.91 Å². The van der Waals surface area contributed by atoms with E-state index in [1.54, 1.807) is 7.11 Å². The van der Waals surface area contributed by atoms with Gasteiger partial charge in [0.25, 0.3) is 0 Å². The van der Waals surface area contributed by atoms with Crippen LogP contribution in [0.25, 0.3) is 0 Å². The molecule has 4 heteroatoms. The average Bonchev–Trinajstić information content (AvgIpc) is 2.76. The maximum Gasteiger partial charge on any atom is 0.231 e. The fraction of sp³-hybridized carbons (Fsp3) is 0.500. The third-order valence-corrected chi connectivity index (χ3v) is 3.46. The van der Waals surface area contributed by atoms with E-state index in [0.717, 1.165) is 31.6 Å². The van der Waals surface area contributed by atoms with Crippen LogP contribution in [-0.4, -0.2) is 37.0 Å². The topological polar surface area (TPSA) is 55.6 Å². The standard InChI is InChI=1S/C14H20N2O2/c1-18-13-6-2-4-11(9-13)8-12-5-3-7-16(12)10-14(15)17/h2,4,6,9,12H,3,5,7-8,10H2,1H3,(H2,15,17)/t12-/m0/s1. The maximum absolute atomic E-state index is 11.0. The normalized spacial score (nSPS) is 19.9. The molecule has 4 nitrogen and oxygen atoms in total. The van der Waals surface area contributed by atoms with Crippen LogP contribution in [0.4, 0.5) is 0 Å². The third-order valence-electron chi connectivity index (χ3n) is 3.46. The number of rotatable bonds is 5. The summed E-state index contributed by atoms with van der Waals surface area (Å²) in [4.78, 5) is 13.2. The Morgan fingerprint density at radius 2 is 2.39 bits per heavy atom. The van der Waals surface area contributed by atoms with E-state index in [4.69, 9.17) is 10.5 Å². The molecule has 1 fully saturated rings. The van der Waals surface area contributed by atoms with E-state index >= 15 is 0 Å². The first-order valence-electron chi connectivity index (χ1n) is 6.34. The van der Waals surface area contributed by atoms with Crippen molar-refractivity contribution in [2.45, 2.75) is 25.3 Å². The lowest BCUT2D eigenvalue weighted by molar-refractivity contribution is -0.119. The zero-order valence-corrected chi connectivity index (χ0v) is 10.8. The molecule has 0 aliphatic carbocycles. The number of hydrogen-bond donors (Lipinski definition) is 1. The van der Waals surface area contributed by atoms with Gasteiger partial charge in [0.1, 0.15) is 5.75 Å². The number of carbonyl (C=O) groups excluding carboxylic acids is 1. The largest absolute Gasteiger partial charge is 0.497 e. The molecular formula is C14H20N2O2. The van der Waals surface area contributed by atoms with Gasteiger partial charge in [0.2, 0.25) is 5.91 Å². The number of benzene rings is 1. The Hall–Kier alpha value is -1.55. The van der Waals surface area contributed by atoms with Crippen LogP contribution in [-0.2, 0) is 11.2 Å². The molecule has 2 N–H and O–H groups in total. The minimum Gasteiger partial charge on any atom is -0.497 e. The fourth-order valence-electron chi connectivity index (χ4n) is 2.61. The number of hydrogen-bond acceptors (Lipinski definition) is 3. The first-order chi connectivity index (χ1) is 8.69. The Balaban J connectivity index is 2.00. The van der Waals surface area contributed by atoms with Gasteiger partial charge in [-0.05, 0) is 43.5 Å². The van der Waals surface area contributed by atoms with Crippen LogP contribution in [0.3, 0.4) is 0 Å². The highest BCUT2D eigenvalue weighted by Crippen LogP contribution is 2.22. The van der Waals surface area contributed by atoms with Gasteiger partial charge in [-0.1, -0.05) is 12.1 Å². The van der Waals surface area contributed by atoms with Gasteiger partial charge in [0, 0.05) is 6.04 Å². The van der Waals surface area contributed by atoms with Gasteiger partial charge >= 0.3 is 0 Å². The number of carbonyl (C=O) groups is 1. The van der Waals surface area contributed by atoms with Crippen LogP contribution in [0.2, 0.25) is 0 Å². The predicted molar refractivity (Wildman–Crippen MR) is 70.5 cm³/mol. The SMILES string of the molecule is COc1cccc(C[C@@H]2CCCN2CC(N)=O)c1. The quantitative estimate of drug-likeness (QED) is 0.851. The maximum atomic E-state index is 11.0. The van der Waals surface area contributed by atoms with Crippen molar-refractivity contribution in [1.29, 1.82) is 0 Å². The molecule has 1 aliphatic heterocycles. The van der Waals surface area contributed by atoms with Gasteiger partial charge in [-0.3, -0.25) is 9.69 Å². The lowest BCUT2D eigenvalue weighted by Gasteiger charge is -2.23. The summed E-state index contributed by atoms with van der Waals surface area (Å²) in [5.41, 5.74) is 6.52. The third kappa shape index (κ3) is 3.23. The number of primary amides is 1. The Kier molecular flexibility index (Phi) is 4.20. The highest BCUT2D eigenvalue weighted by molar-refractivity contribution is 5.76. The average molecular weight is 248 g/mol. The fourth-order valence-corrected chi connectivity index (χ4v) is 2.61. The van der Waals surface area contributed by atoms with Crippen LogP contribution in [0, 0.1) is 0 Å². The van der Waals surface area contributed by atoms with Gasteiger partial charge in [-0.2, -0.15) is 0 Å². The molecule has 1 aromatic rings. The van der Waals surface area contributed by atoms with Crippen molar-refractivity contribution in [2.75, 3.05) is 20.2 Å². The van der Waals surface area contributed by atoms with Crippen LogP contribution in [0.5, 0.6) is 5.75 Å². The Morgan fingerprint density at radius 1 is 1.56 bits per heavy atom. The lowest BCUT2D eigenvalue weighted by atomic mass is 10.0. The second-order valence-electron chi connectivity index (χ2n) is 4.79. The first kappa shape index (κ1) is 12.9. The smallest absolute Gasteiger partial charge is 0.231 e. The summed E-state index contributed by atoms with van der Waals surface area (Å²) >= 11 is 0. The number of nitrogens with zero attached hydrogens (tertiary/aromatic N) is 1. The van der Waals surface area contributed by atoms with Crippen LogP contribution in [0.15, 0.2) is 24.3 Å². The molecule has 1 saturated heterocycles. The molecule has 1 heterocycles. The van der Waals surface area contributed by atoms with E-state index in [0.29, 0.717) is 12.6 Å². The molecule has 1 aromatic carbocycles. The number of amides is 1. The Bertz CT molecular complexity index is 420. The molecule has 0 saturated carbocycles. The Morgan fingerprint density at radius 3 is 3.11 bits per heavy atom. The zero-order chi connectivity index (χ0) is 13.0. The molecule has 18 heavy (non-hydrogen) atoms. The number of methoxy groups -OCH3 is 1.